The Kier molecular flexibility index (Phi) is 4.77. The van der Waals surface area contributed by atoms with Crippen LogP contribution in [-0.4, -0.2) is 23.5 Å². The summed E-state index contributed by atoms with van der Waals surface area (Å²) in [5.41, 5.74) is 5.69. The molecule has 0 atom stereocenters. The molecule has 0 heterocycles. The number of amides is 1. The Hall–Kier alpha value is -2.11. The van der Waals surface area contributed by atoms with Crippen molar-refractivity contribution < 1.29 is 19.1 Å². The van der Waals surface area contributed by atoms with E-state index in [0.29, 0.717) is 19.4 Å². The Morgan fingerprint density at radius 3 is 2.52 bits per heavy atom. The fraction of sp³-hybridized carbons (Fsp3) is 0.467. The summed E-state index contributed by atoms with van der Waals surface area (Å²) < 4.78 is 13.6. The van der Waals surface area contributed by atoms with Gasteiger partial charge < -0.3 is 16.2 Å². The average Bonchev–Trinajstić information content (AvgIpc) is 2.45. The molecule has 5 nitrogen and oxygen atoms in total. The van der Waals surface area contributed by atoms with E-state index in [1.54, 1.807) is 0 Å². The maximum atomic E-state index is 13.6. The van der Waals surface area contributed by atoms with Gasteiger partial charge >= 0.3 is 5.97 Å². The van der Waals surface area contributed by atoms with Gasteiger partial charge in [-0.2, -0.15) is 0 Å². The van der Waals surface area contributed by atoms with E-state index in [2.05, 4.69) is 5.32 Å². The molecule has 0 saturated heterocycles. The first-order chi connectivity index (χ1) is 9.97. The van der Waals surface area contributed by atoms with Crippen LogP contribution in [0.4, 0.5) is 10.1 Å². The maximum absolute atomic E-state index is 13.6. The lowest BCUT2D eigenvalue weighted by Gasteiger charge is -2.26. The lowest BCUT2D eigenvalue weighted by atomic mass is 9.82. The third-order valence-electron chi connectivity index (χ3n) is 3.99. The molecule has 4 N–H and O–H groups in total. The fourth-order valence-corrected chi connectivity index (χ4v) is 2.66. The molecule has 0 radical (unpaired) electrons. The first-order valence-electron chi connectivity index (χ1n) is 7.03. The number of hydrogen-bond acceptors (Lipinski definition) is 3. The second-order valence-electron chi connectivity index (χ2n) is 5.51. The van der Waals surface area contributed by atoms with Crippen molar-refractivity contribution in [2.45, 2.75) is 25.7 Å². The monoisotopic (exact) mass is 294 g/mol. The van der Waals surface area contributed by atoms with Gasteiger partial charge in [-0.15, -0.1) is 0 Å². The number of nitrogen functional groups attached to an aromatic ring is 1. The van der Waals surface area contributed by atoms with Crippen LogP contribution in [-0.2, 0) is 4.79 Å². The number of carboxylic acid groups (broad SMARTS) is 1. The van der Waals surface area contributed by atoms with Crippen LogP contribution in [0, 0.1) is 17.7 Å². The molecule has 1 fully saturated rings. The van der Waals surface area contributed by atoms with E-state index in [9.17, 15) is 14.0 Å². The second kappa shape index (κ2) is 6.56. The largest absolute Gasteiger partial charge is 0.481 e. The molecule has 1 aromatic carbocycles. The number of nitrogens with one attached hydrogen (secondary N) is 1. The highest BCUT2D eigenvalue weighted by Crippen LogP contribution is 2.28. The molecule has 1 aliphatic carbocycles. The highest BCUT2D eigenvalue weighted by molar-refractivity contribution is 5.94. The molecule has 1 aliphatic rings. The molecule has 1 amide bonds. The summed E-state index contributed by atoms with van der Waals surface area (Å²) in [5, 5.41) is 11.6. The summed E-state index contributed by atoms with van der Waals surface area (Å²) >= 11 is 0. The fourth-order valence-electron chi connectivity index (χ4n) is 2.66. The summed E-state index contributed by atoms with van der Waals surface area (Å²) in [6.07, 6.45) is 2.79. The minimum absolute atomic E-state index is 0.0246. The predicted molar refractivity (Wildman–Crippen MR) is 76.2 cm³/mol. The number of nitrogens with two attached hydrogens (primary N) is 1. The van der Waals surface area contributed by atoms with Crippen molar-refractivity contribution >= 4 is 17.6 Å². The van der Waals surface area contributed by atoms with Gasteiger partial charge in [-0.05, 0) is 49.8 Å². The van der Waals surface area contributed by atoms with Crippen LogP contribution < -0.4 is 11.1 Å². The molecular weight excluding hydrogens is 275 g/mol. The number of carbonyl (C=O) groups excluding carboxylic acids is 1. The molecule has 1 saturated carbocycles. The second-order valence-corrected chi connectivity index (χ2v) is 5.51. The summed E-state index contributed by atoms with van der Waals surface area (Å²) in [4.78, 5) is 22.8. The quantitative estimate of drug-likeness (QED) is 0.741. The third kappa shape index (κ3) is 3.93. The van der Waals surface area contributed by atoms with E-state index < -0.39 is 17.7 Å². The highest BCUT2D eigenvalue weighted by atomic mass is 19.1. The van der Waals surface area contributed by atoms with Gasteiger partial charge in [0, 0.05) is 12.2 Å². The normalized spacial score (nSPS) is 21.8. The van der Waals surface area contributed by atoms with Crippen LogP contribution in [0.5, 0.6) is 0 Å². The van der Waals surface area contributed by atoms with Crippen molar-refractivity contribution in [2.24, 2.45) is 11.8 Å². The SMILES string of the molecule is Nc1ccc(C(=O)NCC2CCC(C(=O)O)CC2)c(F)c1. The predicted octanol–water partition coefficient (Wildman–Crippen LogP) is 2.03. The molecule has 0 aromatic heterocycles. The minimum Gasteiger partial charge on any atom is -0.481 e. The Balaban J connectivity index is 1.83. The van der Waals surface area contributed by atoms with E-state index in [4.69, 9.17) is 10.8 Å². The summed E-state index contributed by atoms with van der Waals surface area (Å²) in [6, 6.07) is 3.96. The van der Waals surface area contributed by atoms with Crippen LogP contribution in [0.25, 0.3) is 0 Å². The Morgan fingerprint density at radius 1 is 1.29 bits per heavy atom. The van der Waals surface area contributed by atoms with Gasteiger partial charge in [0.25, 0.3) is 5.91 Å². The lowest BCUT2D eigenvalue weighted by Crippen LogP contribution is -2.32. The number of aliphatic carboxylic acids is 1. The molecular formula is C15H19FN2O3. The van der Waals surface area contributed by atoms with E-state index in [1.807, 2.05) is 0 Å². The van der Waals surface area contributed by atoms with Crippen molar-refractivity contribution in [3.63, 3.8) is 0 Å². The molecule has 114 valence electrons. The Labute approximate surface area is 122 Å². The highest BCUT2D eigenvalue weighted by Gasteiger charge is 2.26. The number of anilines is 1. The molecule has 0 spiro atoms. The summed E-state index contributed by atoms with van der Waals surface area (Å²) in [6.45, 7) is 0.439. The molecule has 0 aliphatic heterocycles. The van der Waals surface area contributed by atoms with Gasteiger partial charge in [0.1, 0.15) is 5.82 Å². The van der Waals surface area contributed by atoms with Crippen molar-refractivity contribution in [1.29, 1.82) is 0 Å². The van der Waals surface area contributed by atoms with E-state index in [1.165, 1.54) is 12.1 Å². The van der Waals surface area contributed by atoms with Gasteiger partial charge in [0.15, 0.2) is 0 Å². The molecule has 1 aromatic rings. The zero-order valence-corrected chi connectivity index (χ0v) is 11.6. The zero-order valence-electron chi connectivity index (χ0n) is 11.6. The van der Waals surface area contributed by atoms with Crippen LogP contribution in [0.2, 0.25) is 0 Å². The van der Waals surface area contributed by atoms with Gasteiger partial charge in [-0.3, -0.25) is 9.59 Å². The van der Waals surface area contributed by atoms with E-state index in [-0.39, 0.29) is 23.1 Å². The number of halogens is 1. The molecule has 6 heteroatoms. The smallest absolute Gasteiger partial charge is 0.306 e. The third-order valence-corrected chi connectivity index (χ3v) is 3.99. The topological polar surface area (TPSA) is 92.4 Å². The number of rotatable bonds is 4. The Bertz CT molecular complexity index is 540. The van der Waals surface area contributed by atoms with Gasteiger partial charge in [-0.25, -0.2) is 4.39 Å². The van der Waals surface area contributed by atoms with Crippen LogP contribution >= 0.6 is 0 Å². The van der Waals surface area contributed by atoms with Crippen molar-refractivity contribution in [1.82, 2.24) is 5.32 Å². The van der Waals surface area contributed by atoms with Gasteiger partial charge in [-0.1, -0.05) is 0 Å². The number of carboxylic acids is 1. The molecule has 21 heavy (non-hydrogen) atoms. The minimum atomic E-state index is -0.749. The van der Waals surface area contributed by atoms with Crippen molar-refractivity contribution in [3.8, 4) is 0 Å². The first kappa shape index (κ1) is 15.3. The van der Waals surface area contributed by atoms with Crippen molar-refractivity contribution in [2.75, 3.05) is 12.3 Å². The van der Waals surface area contributed by atoms with E-state index >= 15 is 0 Å². The first-order valence-corrected chi connectivity index (χ1v) is 7.03. The van der Waals surface area contributed by atoms with Crippen LogP contribution in [0.3, 0.4) is 0 Å². The lowest BCUT2D eigenvalue weighted by molar-refractivity contribution is -0.143. The number of benzene rings is 1. The summed E-state index contributed by atoms with van der Waals surface area (Å²) in [7, 11) is 0. The summed E-state index contributed by atoms with van der Waals surface area (Å²) in [5.74, 6) is -1.87. The molecule has 2 rings (SSSR count). The van der Waals surface area contributed by atoms with Gasteiger partial charge in [0.05, 0.1) is 11.5 Å². The maximum Gasteiger partial charge on any atom is 0.306 e. The zero-order chi connectivity index (χ0) is 15.4. The van der Waals surface area contributed by atoms with Gasteiger partial charge in [0.2, 0.25) is 0 Å². The van der Waals surface area contributed by atoms with E-state index in [0.717, 1.165) is 18.9 Å². The van der Waals surface area contributed by atoms with Crippen molar-refractivity contribution in [3.05, 3.63) is 29.6 Å². The number of carbonyl (C=O) groups is 2. The average molecular weight is 294 g/mol. The van der Waals surface area contributed by atoms with Crippen LogP contribution in [0.1, 0.15) is 36.0 Å². The molecule has 0 bridgehead atoms. The van der Waals surface area contributed by atoms with Crippen LogP contribution in [0.15, 0.2) is 18.2 Å². The number of hydrogen-bond donors (Lipinski definition) is 3. The standard InChI is InChI=1S/C15H19FN2O3/c16-13-7-11(17)5-6-12(13)14(19)18-8-9-1-3-10(4-2-9)15(20)21/h5-7,9-10H,1-4,8,17H2,(H,18,19)(H,20,21). The molecule has 0 unspecified atom stereocenters. The Morgan fingerprint density at radius 2 is 1.95 bits per heavy atom.